The van der Waals surface area contributed by atoms with Gasteiger partial charge in [-0.05, 0) is 66.7 Å². The van der Waals surface area contributed by atoms with Crippen LogP contribution in [0.2, 0.25) is 0 Å². The second-order valence-electron chi connectivity index (χ2n) is 9.70. The van der Waals surface area contributed by atoms with Crippen molar-refractivity contribution in [2.75, 3.05) is 23.5 Å². The second-order valence-corrected chi connectivity index (χ2v) is 9.70. The minimum absolute atomic E-state index is 0.507. The predicted molar refractivity (Wildman–Crippen MR) is 158 cm³/mol. The molecule has 0 atom stereocenters. The number of rotatable bonds is 4. The Morgan fingerprint density at radius 3 is 2.50 bits per heavy atom. The van der Waals surface area contributed by atoms with Gasteiger partial charge in [0.2, 0.25) is 0 Å². The van der Waals surface area contributed by atoms with Crippen LogP contribution in [0.5, 0.6) is 11.5 Å². The second kappa shape index (κ2) is 9.20. The highest BCUT2D eigenvalue weighted by Gasteiger charge is 2.24. The largest absolute Gasteiger partial charge is 0.459 e. The first-order valence-corrected chi connectivity index (χ1v) is 12.8. The molecule has 0 unspecified atom stereocenters. The van der Waals surface area contributed by atoms with Crippen LogP contribution in [0.3, 0.4) is 0 Å². The zero-order chi connectivity index (χ0) is 27.2. The highest BCUT2D eigenvalue weighted by Crippen LogP contribution is 2.43. The molecule has 1 aliphatic rings. The average molecular weight is 519 g/mol. The third-order valence-corrected chi connectivity index (χ3v) is 7.24. The standard InChI is InChI=1S/C33H22N6O/c1-35-23-16-24(38-21-37(2)30-7-3-4-8-31(30)38)18-26(17-23)40-25-11-12-27-28-15-22(20-34)10-13-29(28)39(32(27)19-25)33-9-5-6-14-36-33/h3-19H,21H2,2H3. The van der Waals surface area contributed by atoms with Crippen molar-refractivity contribution in [1.82, 2.24) is 9.55 Å². The number of hydrogen-bond donors (Lipinski definition) is 0. The fourth-order valence-corrected chi connectivity index (χ4v) is 5.45. The van der Waals surface area contributed by atoms with Gasteiger partial charge in [-0.3, -0.25) is 4.57 Å². The van der Waals surface area contributed by atoms with E-state index in [2.05, 4.69) is 49.4 Å². The van der Waals surface area contributed by atoms with E-state index in [9.17, 15) is 5.26 Å². The molecule has 0 fully saturated rings. The number of fused-ring (bicyclic) bond motifs is 4. The molecular weight excluding hydrogens is 496 g/mol. The summed E-state index contributed by atoms with van der Waals surface area (Å²) >= 11 is 0. The van der Waals surface area contributed by atoms with Crippen LogP contribution in [-0.2, 0) is 0 Å². The fraction of sp³-hybridized carbons (Fsp3) is 0.0606. The molecule has 7 rings (SSSR count). The lowest BCUT2D eigenvalue weighted by molar-refractivity contribution is 0.483. The van der Waals surface area contributed by atoms with Crippen LogP contribution in [0, 0.1) is 17.9 Å². The smallest absolute Gasteiger partial charge is 0.192 e. The van der Waals surface area contributed by atoms with E-state index in [0.29, 0.717) is 29.4 Å². The van der Waals surface area contributed by atoms with E-state index in [4.69, 9.17) is 11.3 Å². The zero-order valence-corrected chi connectivity index (χ0v) is 21.6. The van der Waals surface area contributed by atoms with E-state index < -0.39 is 0 Å². The Morgan fingerprint density at radius 1 is 0.850 bits per heavy atom. The highest BCUT2D eigenvalue weighted by atomic mass is 16.5. The molecule has 1 aliphatic heterocycles. The maximum Gasteiger partial charge on any atom is 0.192 e. The maximum atomic E-state index is 9.50. The quantitative estimate of drug-likeness (QED) is 0.222. The number of nitriles is 1. The van der Waals surface area contributed by atoms with Crippen molar-refractivity contribution in [3.8, 4) is 23.4 Å². The highest BCUT2D eigenvalue weighted by molar-refractivity contribution is 6.10. The Hall–Kier alpha value is -5.79. The van der Waals surface area contributed by atoms with Crippen LogP contribution in [0.4, 0.5) is 22.7 Å². The van der Waals surface area contributed by atoms with Gasteiger partial charge in [0.25, 0.3) is 0 Å². The number of ether oxygens (including phenoxy) is 1. The molecule has 6 aromatic rings. The summed E-state index contributed by atoms with van der Waals surface area (Å²) in [6, 6.07) is 33.5. The predicted octanol–water partition coefficient (Wildman–Crippen LogP) is 7.94. The van der Waals surface area contributed by atoms with Crippen LogP contribution in [0.1, 0.15) is 5.56 Å². The maximum absolute atomic E-state index is 9.50. The molecule has 3 heterocycles. The van der Waals surface area contributed by atoms with Gasteiger partial charge in [0.15, 0.2) is 5.69 Å². The van der Waals surface area contributed by atoms with E-state index in [1.165, 1.54) is 0 Å². The summed E-state index contributed by atoms with van der Waals surface area (Å²) in [5.41, 5.74) is 6.12. The van der Waals surface area contributed by atoms with Crippen LogP contribution in [0.25, 0.3) is 32.5 Å². The molecule has 7 nitrogen and oxygen atoms in total. The third kappa shape index (κ3) is 3.77. The van der Waals surface area contributed by atoms with E-state index >= 15 is 0 Å². The van der Waals surface area contributed by atoms with Gasteiger partial charge in [0.05, 0.1) is 47.3 Å². The van der Waals surface area contributed by atoms with Crippen molar-refractivity contribution in [2.45, 2.75) is 0 Å². The Morgan fingerprint density at radius 2 is 1.70 bits per heavy atom. The van der Waals surface area contributed by atoms with Gasteiger partial charge in [-0.1, -0.05) is 18.2 Å². The fourth-order valence-electron chi connectivity index (χ4n) is 5.45. The van der Waals surface area contributed by atoms with E-state index in [-0.39, 0.29) is 0 Å². The lowest BCUT2D eigenvalue weighted by atomic mass is 10.1. The van der Waals surface area contributed by atoms with Gasteiger partial charge in [-0.25, -0.2) is 9.83 Å². The van der Waals surface area contributed by atoms with Crippen LogP contribution >= 0.6 is 0 Å². The SMILES string of the molecule is [C-]#[N+]c1cc(Oc2ccc3c4cc(C#N)ccc4n(-c4ccccn4)c3c2)cc(N2CN(C)c3ccccc32)c1. The minimum atomic E-state index is 0.507. The molecule has 7 heteroatoms. The van der Waals surface area contributed by atoms with Gasteiger partial charge in [-0.15, -0.1) is 0 Å². The van der Waals surface area contributed by atoms with Crippen molar-refractivity contribution >= 4 is 44.6 Å². The summed E-state index contributed by atoms with van der Waals surface area (Å²) in [6.45, 7) is 8.39. The minimum Gasteiger partial charge on any atom is -0.459 e. The molecule has 2 aromatic heterocycles. The first-order valence-electron chi connectivity index (χ1n) is 12.8. The Bertz CT molecular complexity index is 2020. The van der Waals surface area contributed by atoms with Gasteiger partial charge in [0.1, 0.15) is 17.3 Å². The molecule has 0 saturated carbocycles. The number of para-hydroxylation sites is 2. The summed E-state index contributed by atoms with van der Waals surface area (Å²) < 4.78 is 8.49. The summed E-state index contributed by atoms with van der Waals surface area (Å²) in [5, 5.41) is 11.5. The Kier molecular flexibility index (Phi) is 5.36. The van der Waals surface area contributed by atoms with E-state index in [0.717, 1.165) is 44.7 Å². The van der Waals surface area contributed by atoms with Crippen molar-refractivity contribution < 1.29 is 4.74 Å². The van der Waals surface area contributed by atoms with Gasteiger partial charge in [0, 0.05) is 41.8 Å². The molecule has 0 aliphatic carbocycles. The van der Waals surface area contributed by atoms with Crippen LogP contribution in [0.15, 0.2) is 103 Å². The first kappa shape index (κ1) is 23.3. The Labute approximate surface area is 231 Å². The number of hydrogen-bond acceptors (Lipinski definition) is 5. The zero-order valence-electron chi connectivity index (χ0n) is 21.6. The number of pyridine rings is 1. The Balaban J connectivity index is 1.34. The van der Waals surface area contributed by atoms with E-state index in [1.807, 2.05) is 78.9 Å². The molecule has 0 N–H and O–H groups in total. The first-order chi connectivity index (χ1) is 19.6. The topological polar surface area (TPSA) is 61.7 Å². The molecule has 0 spiro atoms. The lowest BCUT2D eigenvalue weighted by Gasteiger charge is -2.21. The molecule has 0 amide bonds. The van der Waals surface area contributed by atoms with Crippen LogP contribution < -0.4 is 14.5 Å². The average Bonchev–Trinajstić information content (AvgIpc) is 3.51. The summed E-state index contributed by atoms with van der Waals surface area (Å²) in [7, 11) is 2.06. The van der Waals surface area contributed by atoms with Crippen LogP contribution in [-0.4, -0.2) is 23.3 Å². The summed E-state index contributed by atoms with van der Waals surface area (Å²) in [5.74, 6) is 2.00. The molecule has 190 valence electrons. The normalized spacial score (nSPS) is 12.4. The lowest BCUT2D eigenvalue weighted by Crippen LogP contribution is -2.23. The number of benzene rings is 4. The molecular formula is C33H22N6O. The van der Waals surface area contributed by atoms with Crippen molar-refractivity contribution in [3.05, 3.63) is 120 Å². The van der Waals surface area contributed by atoms with Crippen molar-refractivity contribution in [1.29, 1.82) is 5.26 Å². The monoisotopic (exact) mass is 518 g/mol. The summed E-state index contributed by atoms with van der Waals surface area (Å²) in [4.78, 5) is 12.7. The molecule has 0 saturated heterocycles. The molecule has 40 heavy (non-hydrogen) atoms. The van der Waals surface area contributed by atoms with Gasteiger partial charge >= 0.3 is 0 Å². The summed E-state index contributed by atoms with van der Waals surface area (Å²) in [6.07, 6.45) is 1.77. The van der Waals surface area contributed by atoms with E-state index in [1.54, 1.807) is 12.3 Å². The number of aromatic nitrogens is 2. The van der Waals surface area contributed by atoms with Gasteiger partial charge in [-0.2, -0.15) is 5.26 Å². The number of nitrogens with zero attached hydrogens (tertiary/aromatic N) is 6. The van der Waals surface area contributed by atoms with Gasteiger partial charge < -0.3 is 14.5 Å². The third-order valence-electron chi connectivity index (χ3n) is 7.24. The van der Waals surface area contributed by atoms with Crippen molar-refractivity contribution in [2.24, 2.45) is 0 Å². The van der Waals surface area contributed by atoms with Crippen molar-refractivity contribution in [3.63, 3.8) is 0 Å². The number of anilines is 3. The molecule has 0 radical (unpaired) electrons. The molecule has 4 aromatic carbocycles. The molecule has 0 bridgehead atoms.